The van der Waals surface area contributed by atoms with E-state index in [0.717, 1.165) is 39.4 Å². The first kappa shape index (κ1) is 16.0. The van der Waals surface area contributed by atoms with Crippen LogP contribution in [0.15, 0.2) is 71.1 Å². The van der Waals surface area contributed by atoms with Gasteiger partial charge in [-0.05, 0) is 42.0 Å². The van der Waals surface area contributed by atoms with Crippen molar-refractivity contribution in [3.05, 3.63) is 66.7 Å². The molecule has 0 bridgehead atoms. The van der Waals surface area contributed by atoms with Gasteiger partial charge in [0.25, 0.3) is 6.01 Å². The molecule has 0 radical (unpaired) electrons. The zero-order valence-electron chi connectivity index (χ0n) is 14.5. The second-order valence-corrected chi connectivity index (χ2v) is 5.76. The molecule has 0 aliphatic rings. The molecule has 0 spiro atoms. The number of anilines is 2. The van der Waals surface area contributed by atoms with Gasteiger partial charge in [-0.1, -0.05) is 24.3 Å². The molecule has 4 rings (SSSR count). The fourth-order valence-electron chi connectivity index (χ4n) is 2.83. The van der Waals surface area contributed by atoms with Crippen molar-refractivity contribution in [2.75, 3.05) is 19.5 Å². The van der Waals surface area contributed by atoms with Crippen LogP contribution in [0, 0.1) is 0 Å². The van der Waals surface area contributed by atoms with E-state index in [9.17, 15) is 0 Å². The predicted molar refractivity (Wildman–Crippen MR) is 102 cm³/mol. The highest BCUT2D eigenvalue weighted by molar-refractivity contribution is 5.83. The molecular weight excluding hydrogens is 328 g/mol. The zero-order chi connectivity index (χ0) is 17.9. The van der Waals surface area contributed by atoms with Crippen molar-refractivity contribution in [2.45, 2.75) is 0 Å². The van der Waals surface area contributed by atoms with Crippen LogP contribution in [0.5, 0.6) is 11.5 Å². The van der Waals surface area contributed by atoms with Crippen LogP contribution in [-0.2, 0) is 0 Å². The summed E-state index contributed by atoms with van der Waals surface area (Å²) < 4.78 is 16.5. The van der Waals surface area contributed by atoms with E-state index >= 15 is 0 Å². The molecule has 0 unspecified atom stereocenters. The third-order valence-electron chi connectivity index (χ3n) is 4.13. The summed E-state index contributed by atoms with van der Waals surface area (Å²) in [5.74, 6) is 1.50. The van der Waals surface area contributed by atoms with Crippen LogP contribution < -0.4 is 14.8 Å². The summed E-state index contributed by atoms with van der Waals surface area (Å²) in [4.78, 5) is 4.54. The number of nitrogens with one attached hydrogen (secondary N) is 1. The smallest absolute Gasteiger partial charge is 0.300 e. The van der Waals surface area contributed by atoms with Crippen LogP contribution in [-0.4, -0.2) is 19.2 Å². The van der Waals surface area contributed by atoms with Gasteiger partial charge in [-0.2, -0.15) is 4.98 Å². The van der Waals surface area contributed by atoms with Crippen LogP contribution in [0.1, 0.15) is 0 Å². The summed E-state index contributed by atoms with van der Waals surface area (Å²) in [5, 5.41) is 3.17. The van der Waals surface area contributed by atoms with E-state index in [0.29, 0.717) is 6.01 Å². The fourth-order valence-corrected chi connectivity index (χ4v) is 2.83. The molecule has 0 aliphatic carbocycles. The van der Waals surface area contributed by atoms with E-state index in [1.807, 2.05) is 66.7 Å². The Kier molecular flexibility index (Phi) is 4.19. The van der Waals surface area contributed by atoms with Gasteiger partial charge in [0.15, 0.2) is 5.58 Å². The van der Waals surface area contributed by atoms with Crippen molar-refractivity contribution < 1.29 is 13.9 Å². The van der Waals surface area contributed by atoms with E-state index in [2.05, 4.69) is 10.3 Å². The number of aromatic nitrogens is 1. The maximum absolute atomic E-state index is 5.78. The van der Waals surface area contributed by atoms with Gasteiger partial charge in [0.2, 0.25) is 0 Å². The number of fused-ring (bicyclic) bond motifs is 1. The normalized spacial score (nSPS) is 10.7. The average molecular weight is 346 g/mol. The molecule has 0 saturated carbocycles. The van der Waals surface area contributed by atoms with Crippen molar-refractivity contribution in [1.29, 1.82) is 0 Å². The number of nitrogens with zero attached hydrogens (tertiary/aromatic N) is 1. The fraction of sp³-hybridized carbons (Fsp3) is 0.0952. The first-order chi connectivity index (χ1) is 12.8. The maximum Gasteiger partial charge on any atom is 0.300 e. The van der Waals surface area contributed by atoms with E-state index in [4.69, 9.17) is 13.9 Å². The van der Waals surface area contributed by atoms with Gasteiger partial charge in [-0.25, -0.2) is 0 Å². The lowest BCUT2D eigenvalue weighted by Crippen LogP contribution is -1.90. The largest absolute Gasteiger partial charge is 0.497 e. The summed E-state index contributed by atoms with van der Waals surface area (Å²) in [6, 6.07) is 21.9. The highest BCUT2D eigenvalue weighted by atomic mass is 16.5. The first-order valence-electron chi connectivity index (χ1n) is 8.22. The number of para-hydroxylation sites is 1. The Labute approximate surface area is 151 Å². The van der Waals surface area contributed by atoms with E-state index < -0.39 is 0 Å². The SMILES string of the molecule is COc1ccc(-c2ccc3oc(Nc4ccccc4)nc3c2)c(OC)c1. The Morgan fingerprint density at radius 3 is 2.50 bits per heavy atom. The van der Waals surface area contributed by atoms with Crippen LogP contribution in [0.3, 0.4) is 0 Å². The third kappa shape index (κ3) is 3.07. The summed E-state index contributed by atoms with van der Waals surface area (Å²) in [6.07, 6.45) is 0. The number of hydrogen-bond acceptors (Lipinski definition) is 5. The van der Waals surface area contributed by atoms with Gasteiger partial charge in [-0.15, -0.1) is 0 Å². The standard InChI is InChI=1S/C21H18N2O3/c1-24-16-9-10-17(20(13-16)25-2)14-8-11-19-18(12-14)23-21(26-19)22-15-6-4-3-5-7-15/h3-13H,1-2H3,(H,22,23). The Morgan fingerprint density at radius 2 is 1.73 bits per heavy atom. The molecule has 26 heavy (non-hydrogen) atoms. The Morgan fingerprint density at radius 1 is 0.885 bits per heavy atom. The van der Waals surface area contributed by atoms with Crippen LogP contribution in [0.4, 0.5) is 11.7 Å². The first-order valence-corrected chi connectivity index (χ1v) is 8.22. The van der Waals surface area contributed by atoms with Gasteiger partial charge >= 0.3 is 0 Å². The van der Waals surface area contributed by atoms with E-state index in [1.54, 1.807) is 14.2 Å². The molecule has 4 aromatic rings. The second kappa shape index (κ2) is 6.80. The Hall–Kier alpha value is -3.47. The minimum absolute atomic E-state index is 0.463. The molecule has 0 amide bonds. The lowest BCUT2D eigenvalue weighted by atomic mass is 10.0. The molecule has 130 valence electrons. The number of methoxy groups -OCH3 is 2. The molecule has 0 atom stereocenters. The Bertz CT molecular complexity index is 1040. The zero-order valence-corrected chi connectivity index (χ0v) is 14.5. The maximum atomic E-state index is 5.78. The molecule has 0 aliphatic heterocycles. The molecule has 5 heteroatoms. The lowest BCUT2D eigenvalue weighted by molar-refractivity contribution is 0.395. The molecule has 1 N–H and O–H groups in total. The highest BCUT2D eigenvalue weighted by Gasteiger charge is 2.11. The highest BCUT2D eigenvalue weighted by Crippen LogP contribution is 2.35. The molecular formula is C21H18N2O3. The second-order valence-electron chi connectivity index (χ2n) is 5.76. The lowest BCUT2D eigenvalue weighted by Gasteiger charge is -2.10. The molecule has 1 aromatic heterocycles. The minimum Gasteiger partial charge on any atom is -0.497 e. The number of benzene rings is 3. The summed E-state index contributed by atoms with van der Waals surface area (Å²) in [6.45, 7) is 0. The minimum atomic E-state index is 0.463. The quantitative estimate of drug-likeness (QED) is 0.534. The predicted octanol–water partition coefficient (Wildman–Crippen LogP) is 5.26. The van der Waals surface area contributed by atoms with E-state index in [1.165, 1.54) is 0 Å². The third-order valence-corrected chi connectivity index (χ3v) is 4.13. The van der Waals surface area contributed by atoms with Crippen molar-refractivity contribution >= 4 is 22.8 Å². The number of rotatable bonds is 5. The summed E-state index contributed by atoms with van der Waals surface area (Å²) in [7, 11) is 3.28. The van der Waals surface area contributed by atoms with Gasteiger partial charge in [0.1, 0.15) is 17.0 Å². The van der Waals surface area contributed by atoms with Gasteiger partial charge < -0.3 is 19.2 Å². The van der Waals surface area contributed by atoms with Crippen LogP contribution >= 0.6 is 0 Å². The summed E-state index contributed by atoms with van der Waals surface area (Å²) >= 11 is 0. The number of oxazole rings is 1. The van der Waals surface area contributed by atoms with Gasteiger partial charge in [0, 0.05) is 17.3 Å². The Balaban J connectivity index is 1.70. The van der Waals surface area contributed by atoms with Gasteiger partial charge in [0.05, 0.1) is 14.2 Å². The van der Waals surface area contributed by atoms with Crippen molar-refractivity contribution in [2.24, 2.45) is 0 Å². The molecule has 5 nitrogen and oxygen atoms in total. The summed E-state index contributed by atoms with van der Waals surface area (Å²) in [5.41, 5.74) is 4.39. The molecule has 3 aromatic carbocycles. The van der Waals surface area contributed by atoms with Crippen LogP contribution in [0.25, 0.3) is 22.2 Å². The van der Waals surface area contributed by atoms with E-state index in [-0.39, 0.29) is 0 Å². The number of hydrogen-bond donors (Lipinski definition) is 1. The van der Waals surface area contributed by atoms with Crippen molar-refractivity contribution in [1.82, 2.24) is 4.98 Å². The molecule has 0 fully saturated rings. The van der Waals surface area contributed by atoms with Gasteiger partial charge in [-0.3, -0.25) is 0 Å². The number of ether oxygens (including phenoxy) is 2. The average Bonchev–Trinajstić information content (AvgIpc) is 3.09. The molecule has 1 heterocycles. The van der Waals surface area contributed by atoms with Crippen LogP contribution in [0.2, 0.25) is 0 Å². The van der Waals surface area contributed by atoms with Crippen molar-refractivity contribution in [3.63, 3.8) is 0 Å². The van der Waals surface area contributed by atoms with Crippen molar-refractivity contribution in [3.8, 4) is 22.6 Å². The monoisotopic (exact) mass is 346 g/mol. The molecule has 0 saturated heterocycles. The topological polar surface area (TPSA) is 56.5 Å².